The van der Waals surface area contributed by atoms with Gasteiger partial charge in [0.1, 0.15) is 4.90 Å². The highest BCUT2D eigenvalue weighted by Gasteiger charge is 2.20. The molecule has 3 nitrogen and oxygen atoms in total. The molecule has 0 saturated carbocycles. The monoisotopic (exact) mass is 348 g/mol. The number of hydrogen-bond donors (Lipinski definition) is 1. The summed E-state index contributed by atoms with van der Waals surface area (Å²) in [7, 11) is -4.24. The lowest BCUT2D eigenvalue weighted by Gasteiger charge is -2.14. The van der Waals surface area contributed by atoms with Crippen molar-refractivity contribution in [1.82, 2.24) is 0 Å². The van der Waals surface area contributed by atoms with Crippen molar-refractivity contribution < 1.29 is 13.0 Å². The van der Waals surface area contributed by atoms with Crippen LogP contribution in [0.3, 0.4) is 0 Å². The molecular formula is C20H28O3S. The Balaban J connectivity index is 2.19. The summed E-state index contributed by atoms with van der Waals surface area (Å²) < 4.78 is 33.7. The van der Waals surface area contributed by atoms with Crippen LogP contribution in [0.2, 0.25) is 0 Å². The minimum absolute atomic E-state index is 0.101. The summed E-state index contributed by atoms with van der Waals surface area (Å²) in [5.74, 6) is 0. The van der Waals surface area contributed by atoms with Crippen molar-refractivity contribution in [2.45, 2.75) is 70.1 Å². The molecule has 2 aromatic rings. The largest absolute Gasteiger partial charge is 0.295 e. The van der Waals surface area contributed by atoms with Crippen molar-refractivity contribution in [3.63, 3.8) is 0 Å². The summed E-state index contributed by atoms with van der Waals surface area (Å²) in [4.78, 5) is 0.101. The second-order valence-electron chi connectivity index (χ2n) is 6.57. The highest BCUT2D eigenvalue weighted by Crippen LogP contribution is 2.31. The number of benzene rings is 2. The maximum absolute atomic E-state index is 12.0. The Morgan fingerprint density at radius 2 is 1.58 bits per heavy atom. The summed E-state index contributed by atoms with van der Waals surface area (Å²) in [6, 6.07) is 9.36. The normalized spacial score (nSPS) is 12.0. The van der Waals surface area contributed by atoms with Gasteiger partial charge in [-0.25, -0.2) is 0 Å². The molecule has 0 aliphatic rings. The predicted molar refractivity (Wildman–Crippen MR) is 100 cm³/mol. The predicted octanol–water partition coefficient (Wildman–Crippen LogP) is 5.69. The first-order chi connectivity index (χ1) is 11.4. The molecule has 0 fully saturated rings. The lowest BCUT2D eigenvalue weighted by atomic mass is 9.97. The molecule has 0 amide bonds. The first-order valence-electron chi connectivity index (χ1n) is 8.94. The molecule has 0 bridgehead atoms. The SMILES string of the molecule is CCCCCCCCCc1c(C)cc2ccccc2c1S(=O)(=O)O. The Kier molecular flexibility index (Phi) is 6.81. The van der Waals surface area contributed by atoms with Crippen molar-refractivity contribution in [2.24, 2.45) is 0 Å². The fourth-order valence-electron chi connectivity index (χ4n) is 3.36. The molecule has 0 heterocycles. The van der Waals surface area contributed by atoms with E-state index < -0.39 is 10.1 Å². The van der Waals surface area contributed by atoms with Gasteiger partial charge in [0.05, 0.1) is 0 Å². The highest BCUT2D eigenvalue weighted by atomic mass is 32.2. The maximum atomic E-state index is 12.0. The smallest absolute Gasteiger partial charge is 0.282 e. The Morgan fingerprint density at radius 3 is 2.25 bits per heavy atom. The van der Waals surface area contributed by atoms with E-state index >= 15 is 0 Å². The standard InChI is InChI=1S/C20H28O3S/c1-3-4-5-6-7-8-9-13-18-16(2)15-17-12-10-11-14-19(17)20(18)24(21,22)23/h10-12,14-15H,3-9,13H2,1-2H3,(H,21,22,23). The zero-order chi connectivity index (χ0) is 17.6. The average molecular weight is 349 g/mol. The summed E-state index contributed by atoms with van der Waals surface area (Å²) in [5.41, 5.74) is 1.71. The minimum atomic E-state index is -4.24. The van der Waals surface area contributed by atoms with E-state index in [-0.39, 0.29) is 4.90 Å². The molecule has 132 valence electrons. The van der Waals surface area contributed by atoms with Crippen LogP contribution < -0.4 is 0 Å². The zero-order valence-corrected chi connectivity index (χ0v) is 15.5. The molecule has 0 aliphatic carbocycles. The molecule has 0 aromatic heterocycles. The van der Waals surface area contributed by atoms with Crippen molar-refractivity contribution in [1.29, 1.82) is 0 Å². The fraction of sp³-hybridized carbons (Fsp3) is 0.500. The van der Waals surface area contributed by atoms with Gasteiger partial charge in [-0.15, -0.1) is 0 Å². The van der Waals surface area contributed by atoms with Gasteiger partial charge in [-0.05, 0) is 36.3 Å². The van der Waals surface area contributed by atoms with Crippen LogP contribution in [0.1, 0.15) is 63.0 Å². The molecule has 2 aromatic carbocycles. The summed E-state index contributed by atoms with van der Waals surface area (Å²) in [6.07, 6.45) is 8.99. The molecule has 0 radical (unpaired) electrons. The van der Waals surface area contributed by atoms with Gasteiger partial charge in [-0.1, -0.05) is 75.8 Å². The molecule has 4 heteroatoms. The quantitative estimate of drug-likeness (QED) is 0.468. The number of rotatable bonds is 9. The van der Waals surface area contributed by atoms with Crippen molar-refractivity contribution in [3.8, 4) is 0 Å². The van der Waals surface area contributed by atoms with E-state index in [1.165, 1.54) is 32.1 Å². The van der Waals surface area contributed by atoms with E-state index in [4.69, 9.17) is 0 Å². The van der Waals surface area contributed by atoms with Crippen LogP contribution in [0.4, 0.5) is 0 Å². The van der Waals surface area contributed by atoms with Gasteiger partial charge in [0, 0.05) is 5.39 Å². The van der Waals surface area contributed by atoms with Gasteiger partial charge in [-0.2, -0.15) is 8.42 Å². The third kappa shape index (κ3) is 4.81. The van der Waals surface area contributed by atoms with Gasteiger partial charge in [0.2, 0.25) is 0 Å². The summed E-state index contributed by atoms with van der Waals surface area (Å²) in [5, 5.41) is 1.47. The second kappa shape index (κ2) is 8.63. The molecule has 24 heavy (non-hydrogen) atoms. The van der Waals surface area contributed by atoms with E-state index in [9.17, 15) is 13.0 Å². The van der Waals surface area contributed by atoms with Gasteiger partial charge < -0.3 is 0 Å². The zero-order valence-electron chi connectivity index (χ0n) is 14.7. The Morgan fingerprint density at radius 1 is 0.958 bits per heavy atom. The van der Waals surface area contributed by atoms with Gasteiger partial charge in [0.25, 0.3) is 10.1 Å². The van der Waals surface area contributed by atoms with Crippen LogP contribution in [0.25, 0.3) is 10.8 Å². The van der Waals surface area contributed by atoms with Gasteiger partial charge in [0.15, 0.2) is 0 Å². The lowest BCUT2D eigenvalue weighted by Crippen LogP contribution is -2.06. The van der Waals surface area contributed by atoms with E-state index in [0.29, 0.717) is 11.8 Å². The first-order valence-corrected chi connectivity index (χ1v) is 10.4. The maximum Gasteiger partial charge on any atom is 0.295 e. The third-order valence-electron chi connectivity index (χ3n) is 4.62. The van der Waals surface area contributed by atoms with E-state index in [1.807, 2.05) is 31.2 Å². The van der Waals surface area contributed by atoms with Gasteiger partial charge >= 0.3 is 0 Å². The number of unbranched alkanes of at least 4 members (excludes halogenated alkanes) is 6. The second-order valence-corrected chi connectivity index (χ2v) is 7.93. The van der Waals surface area contributed by atoms with E-state index in [2.05, 4.69) is 6.92 Å². The highest BCUT2D eigenvalue weighted by molar-refractivity contribution is 7.86. The Hall–Kier alpha value is -1.39. The molecule has 1 N–H and O–H groups in total. The third-order valence-corrected chi connectivity index (χ3v) is 5.60. The Bertz CT molecular complexity index is 779. The molecular weight excluding hydrogens is 320 g/mol. The minimum Gasteiger partial charge on any atom is -0.282 e. The molecule has 0 atom stereocenters. The van der Waals surface area contributed by atoms with Crippen molar-refractivity contribution in [3.05, 3.63) is 41.5 Å². The van der Waals surface area contributed by atoms with Crippen LogP contribution in [0.5, 0.6) is 0 Å². The van der Waals surface area contributed by atoms with Crippen LogP contribution in [-0.2, 0) is 16.5 Å². The Labute approximate surface area is 145 Å². The first kappa shape index (κ1) is 18.9. The van der Waals surface area contributed by atoms with E-state index in [1.54, 1.807) is 6.07 Å². The molecule has 0 unspecified atom stereocenters. The molecule has 0 saturated heterocycles. The lowest BCUT2D eigenvalue weighted by molar-refractivity contribution is 0.482. The molecule has 2 rings (SSSR count). The van der Waals surface area contributed by atoms with Crippen molar-refractivity contribution >= 4 is 20.9 Å². The summed E-state index contributed by atoms with van der Waals surface area (Å²) >= 11 is 0. The van der Waals surface area contributed by atoms with Gasteiger partial charge in [-0.3, -0.25) is 4.55 Å². The average Bonchev–Trinajstić information content (AvgIpc) is 2.52. The fourth-order valence-corrected chi connectivity index (χ4v) is 4.39. The van der Waals surface area contributed by atoms with Crippen LogP contribution >= 0.6 is 0 Å². The topological polar surface area (TPSA) is 54.4 Å². The number of hydrogen-bond acceptors (Lipinski definition) is 2. The van der Waals surface area contributed by atoms with Crippen molar-refractivity contribution in [2.75, 3.05) is 0 Å². The molecule has 0 aliphatic heterocycles. The molecule has 0 spiro atoms. The number of fused-ring (bicyclic) bond motifs is 1. The van der Waals surface area contributed by atoms with Crippen LogP contribution in [0, 0.1) is 6.92 Å². The van der Waals surface area contributed by atoms with E-state index in [0.717, 1.165) is 29.4 Å². The van der Waals surface area contributed by atoms with Crippen LogP contribution in [-0.4, -0.2) is 13.0 Å². The number of aryl methyl sites for hydroxylation is 1. The summed E-state index contributed by atoms with van der Waals surface area (Å²) in [6.45, 7) is 4.14. The van der Waals surface area contributed by atoms with Crippen LogP contribution in [0.15, 0.2) is 35.2 Å².